The number of nitrogens with zero attached hydrogens (tertiary/aromatic N) is 1. The van der Waals surface area contributed by atoms with Crippen LogP contribution in [0.15, 0.2) is 29.2 Å². The fraction of sp³-hybridized carbons (Fsp3) is 0.300. The van der Waals surface area contributed by atoms with E-state index in [-0.39, 0.29) is 17.3 Å². The molecule has 1 fully saturated rings. The molecule has 0 bridgehead atoms. The SMILES string of the molecule is NS(=O)(=O)c1cccc(N2CCNCC2=O)c1. The van der Waals surface area contributed by atoms with Gasteiger partial charge in [-0.05, 0) is 18.2 Å². The molecule has 1 aromatic rings. The maximum Gasteiger partial charge on any atom is 0.240 e. The van der Waals surface area contributed by atoms with E-state index in [9.17, 15) is 13.2 Å². The molecule has 0 radical (unpaired) electrons. The van der Waals surface area contributed by atoms with Crippen molar-refractivity contribution in [2.75, 3.05) is 24.5 Å². The van der Waals surface area contributed by atoms with Crippen LogP contribution in [0.2, 0.25) is 0 Å². The number of hydrogen-bond donors (Lipinski definition) is 2. The van der Waals surface area contributed by atoms with Gasteiger partial charge < -0.3 is 10.2 Å². The number of primary sulfonamides is 1. The molecule has 1 heterocycles. The normalized spacial score (nSPS) is 17.2. The molecule has 2 rings (SSSR count). The molecule has 1 amide bonds. The summed E-state index contributed by atoms with van der Waals surface area (Å²) in [4.78, 5) is 13.2. The van der Waals surface area contributed by atoms with Crippen LogP contribution in [0.25, 0.3) is 0 Å². The highest BCUT2D eigenvalue weighted by molar-refractivity contribution is 7.89. The molecular formula is C10H13N3O3S. The quantitative estimate of drug-likeness (QED) is 0.728. The number of benzene rings is 1. The third-order valence-corrected chi connectivity index (χ3v) is 3.46. The van der Waals surface area contributed by atoms with E-state index in [4.69, 9.17) is 5.14 Å². The smallest absolute Gasteiger partial charge is 0.240 e. The van der Waals surface area contributed by atoms with Crippen LogP contribution in [0.3, 0.4) is 0 Å². The fourth-order valence-corrected chi connectivity index (χ4v) is 2.26. The largest absolute Gasteiger partial charge is 0.310 e. The molecule has 0 aromatic heterocycles. The van der Waals surface area contributed by atoms with E-state index in [1.807, 2.05) is 0 Å². The van der Waals surface area contributed by atoms with Crippen molar-refractivity contribution in [2.24, 2.45) is 5.14 Å². The van der Waals surface area contributed by atoms with Crippen LogP contribution in [0, 0.1) is 0 Å². The number of nitrogens with two attached hydrogens (primary N) is 1. The Morgan fingerprint density at radius 2 is 2.12 bits per heavy atom. The fourth-order valence-electron chi connectivity index (χ4n) is 1.71. The van der Waals surface area contributed by atoms with E-state index in [0.717, 1.165) is 0 Å². The maximum absolute atomic E-state index is 11.6. The summed E-state index contributed by atoms with van der Waals surface area (Å²) in [7, 11) is -3.74. The predicted molar refractivity (Wildman–Crippen MR) is 63.0 cm³/mol. The molecule has 6 nitrogen and oxygen atoms in total. The summed E-state index contributed by atoms with van der Waals surface area (Å²) >= 11 is 0. The number of hydrogen-bond acceptors (Lipinski definition) is 4. The summed E-state index contributed by atoms with van der Waals surface area (Å²) in [5.41, 5.74) is 0.558. The molecule has 0 spiro atoms. The van der Waals surface area contributed by atoms with Gasteiger partial charge in [0.1, 0.15) is 0 Å². The lowest BCUT2D eigenvalue weighted by Gasteiger charge is -2.27. The summed E-state index contributed by atoms with van der Waals surface area (Å²) in [5.74, 6) is -0.0807. The zero-order chi connectivity index (χ0) is 12.5. The molecule has 1 aromatic carbocycles. The van der Waals surface area contributed by atoms with Gasteiger partial charge in [0.05, 0.1) is 11.4 Å². The maximum atomic E-state index is 11.6. The average molecular weight is 255 g/mol. The van der Waals surface area contributed by atoms with Gasteiger partial charge in [-0.1, -0.05) is 6.07 Å². The molecular weight excluding hydrogens is 242 g/mol. The predicted octanol–water partition coefficient (Wildman–Crippen LogP) is -0.730. The monoisotopic (exact) mass is 255 g/mol. The third kappa shape index (κ3) is 2.63. The van der Waals surface area contributed by atoms with E-state index >= 15 is 0 Å². The number of amides is 1. The van der Waals surface area contributed by atoms with Gasteiger partial charge in [0.15, 0.2) is 0 Å². The zero-order valence-electron chi connectivity index (χ0n) is 9.09. The Morgan fingerprint density at radius 1 is 1.35 bits per heavy atom. The molecule has 1 aliphatic heterocycles. The Labute approximate surface area is 99.5 Å². The van der Waals surface area contributed by atoms with E-state index in [1.54, 1.807) is 17.0 Å². The Bertz CT molecular complexity index is 541. The lowest BCUT2D eigenvalue weighted by atomic mass is 10.2. The molecule has 0 unspecified atom stereocenters. The molecule has 92 valence electrons. The Kier molecular flexibility index (Phi) is 3.14. The minimum Gasteiger partial charge on any atom is -0.310 e. The first-order valence-electron chi connectivity index (χ1n) is 5.12. The van der Waals surface area contributed by atoms with E-state index in [0.29, 0.717) is 18.8 Å². The van der Waals surface area contributed by atoms with Crippen LogP contribution < -0.4 is 15.4 Å². The highest BCUT2D eigenvalue weighted by Gasteiger charge is 2.20. The van der Waals surface area contributed by atoms with Crippen molar-refractivity contribution in [3.63, 3.8) is 0 Å². The van der Waals surface area contributed by atoms with Crippen LogP contribution in [0.4, 0.5) is 5.69 Å². The summed E-state index contributed by atoms with van der Waals surface area (Å²) < 4.78 is 22.4. The van der Waals surface area contributed by atoms with Crippen molar-refractivity contribution in [3.05, 3.63) is 24.3 Å². The van der Waals surface area contributed by atoms with Crippen LogP contribution in [0.1, 0.15) is 0 Å². The van der Waals surface area contributed by atoms with E-state index in [2.05, 4.69) is 5.32 Å². The van der Waals surface area contributed by atoms with Crippen LogP contribution in [-0.2, 0) is 14.8 Å². The van der Waals surface area contributed by atoms with Gasteiger partial charge in [-0.2, -0.15) is 0 Å². The molecule has 7 heteroatoms. The second-order valence-corrected chi connectivity index (χ2v) is 5.33. The number of rotatable bonds is 2. The van der Waals surface area contributed by atoms with Gasteiger partial charge in [-0.15, -0.1) is 0 Å². The zero-order valence-corrected chi connectivity index (χ0v) is 9.90. The second kappa shape index (κ2) is 4.44. The number of nitrogens with one attached hydrogen (secondary N) is 1. The van der Waals surface area contributed by atoms with Crippen LogP contribution >= 0.6 is 0 Å². The van der Waals surface area contributed by atoms with Gasteiger partial charge in [0.25, 0.3) is 0 Å². The highest BCUT2D eigenvalue weighted by atomic mass is 32.2. The highest BCUT2D eigenvalue weighted by Crippen LogP contribution is 2.19. The lowest BCUT2D eigenvalue weighted by molar-refractivity contribution is -0.118. The van der Waals surface area contributed by atoms with Crippen molar-refractivity contribution in [1.82, 2.24) is 5.32 Å². The minimum atomic E-state index is -3.74. The number of sulfonamides is 1. The van der Waals surface area contributed by atoms with Gasteiger partial charge in [0.2, 0.25) is 15.9 Å². The standard InChI is InChI=1S/C10H13N3O3S/c11-17(15,16)9-3-1-2-8(6-9)13-5-4-12-7-10(13)14/h1-3,6,12H,4-5,7H2,(H2,11,15,16). The molecule has 0 atom stereocenters. The Balaban J connectivity index is 2.36. The van der Waals surface area contributed by atoms with Gasteiger partial charge in [0, 0.05) is 18.8 Å². The molecule has 0 saturated carbocycles. The average Bonchev–Trinajstić information content (AvgIpc) is 2.29. The summed E-state index contributed by atoms with van der Waals surface area (Å²) in [6.07, 6.45) is 0. The molecule has 0 aliphatic carbocycles. The van der Waals surface area contributed by atoms with Gasteiger partial charge in [-0.3, -0.25) is 4.79 Å². The number of anilines is 1. The first kappa shape index (κ1) is 12.0. The molecule has 1 saturated heterocycles. The topological polar surface area (TPSA) is 92.5 Å². The van der Waals surface area contributed by atoms with Crippen LogP contribution in [0.5, 0.6) is 0 Å². The van der Waals surface area contributed by atoms with E-state index in [1.165, 1.54) is 12.1 Å². The Hall–Kier alpha value is -1.44. The van der Waals surface area contributed by atoms with Crippen molar-refractivity contribution in [2.45, 2.75) is 4.90 Å². The van der Waals surface area contributed by atoms with Gasteiger partial charge >= 0.3 is 0 Å². The number of carbonyl (C=O) groups is 1. The lowest BCUT2D eigenvalue weighted by Crippen LogP contribution is -2.48. The van der Waals surface area contributed by atoms with Crippen molar-refractivity contribution in [3.8, 4) is 0 Å². The minimum absolute atomic E-state index is 0.0151. The summed E-state index contributed by atoms with van der Waals surface area (Å²) in [6, 6.07) is 6.09. The number of piperazine rings is 1. The van der Waals surface area contributed by atoms with Crippen molar-refractivity contribution >= 4 is 21.6 Å². The second-order valence-electron chi connectivity index (χ2n) is 3.76. The third-order valence-electron chi connectivity index (χ3n) is 2.55. The van der Waals surface area contributed by atoms with Gasteiger partial charge in [-0.25, -0.2) is 13.6 Å². The van der Waals surface area contributed by atoms with Crippen molar-refractivity contribution in [1.29, 1.82) is 0 Å². The summed E-state index contributed by atoms with van der Waals surface area (Å²) in [5, 5.41) is 7.99. The van der Waals surface area contributed by atoms with Crippen molar-refractivity contribution < 1.29 is 13.2 Å². The first-order chi connectivity index (χ1) is 7.98. The number of carbonyl (C=O) groups excluding carboxylic acids is 1. The molecule has 1 aliphatic rings. The Morgan fingerprint density at radius 3 is 2.76 bits per heavy atom. The first-order valence-corrected chi connectivity index (χ1v) is 6.67. The van der Waals surface area contributed by atoms with Crippen LogP contribution in [-0.4, -0.2) is 34.0 Å². The molecule has 17 heavy (non-hydrogen) atoms. The molecule has 3 N–H and O–H groups in total. The summed E-state index contributed by atoms with van der Waals surface area (Å²) in [6.45, 7) is 1.47. The van der Waals surface area contributed by atoms with E-state index < -0.39 is 10.0 Å².